The number of aliphatic hydroxyl groups is 1. The average Bonchev–Trinajstić information content (AvgIpc) is 2.10. The number of aldehydes is 1. The van der Waals surface area contributed by atoms with Gasteiger partial charge in [-0.15, -0.1) is 0 Å². The molecule has 0 saturated carbocycles. The van der Waals surface area contributed by atoms with Crippen LogP contribution in [0, 0.1) is 0 Å². The predicted molar refractivity (Wildman–Crippen MR) is 47.7 cm³/mol. The largest absolute Gasteiger partial charge is 0.370 e. The lowest BCUT2D eigenvalue weighted by atomic mass is 10.2. The summed E-state index contributed by atoms with van der Waals surface area (Å²) >= 11 is 0. The van der Waals surface area contributed by atoms with Gasteiger partial charge in [0.15, 0.2) is 6.23 Å². The fraction of sp³-hybridized carbons (Fsp3) is 0.750. The molecular weight excluding hydrogens is 172 g/mol. The summed E-state index contributed by atoms with van der Waals surface area (Å²) in [7, 11) is 0. The standard InChI is InChI=1S/C8H16N2O3/c9-7(12)8(13)10-5-3-1-2-4-6-11/h6-7,12H,1-5,9H2,(H,10,13). The zero-order valence-corrected chi connectivity index (χ0v) is 7.53. The molecule has 1 atom stereocenters. The lowest BCUT2D eigenvalue weighted by Crippen LogP contribution is -2.40. The molecule has 0 bridgehead atoms. The molecule has 0 saturated heterocycles. The maximum atomic E-state index is 10.7. The highest BCUT2D eigenvalue weighted by Crippen LogP contribution is 1.95. The van der Waals surface area contributed by atoms with E-state index in [1.165, 1.54) is 0 Å². The zero-order valence-electron chi connectivity index (χ0n) is 7.53. The van der Waals surface area contributed by atoms with E-state index in [2.05, 4.69) is 5.32 Å². The third-order valence-electron chi connectivity index (χ3n) is 1.57. The number of carbonyl (C=O) groups excluding carboxylic acids is 2. The van der Waals surface area contributed by atoms with Crippen molar-refractivity contribution in [2.45, 2.75) is 31.9 Å². The number of unbranched alkanes of at least 4 members (excludes halogenated alkanes) is 3. The zero-order chi connectivity index (χ0) is 10.1. The fourth-order valence-corrected chi connectivity index (χ4v) is 0.846. The molecule has 0 aliphatic heterocycles. The van der Waals surface area contributed by atoms with Gasteiger partial charge in [-0.1, -0.05) is 6.42 Å². The summed E-state index contributed by atoms with van der Waals surface area (Å²) < 4.78 is 0. The van der Waals surface area contributed by atoms with Gasteiger partial charge < -0.3 is 15.2 Å². The number of hydrogen-bond donors (Lipinski definition) is 3. The van der Waals surface area contributed by atoms with E-state index in [1.807, 2.05) is 0 Å². The molecule has 0 aromatic rings. The highest BCUT2D eigenvalue weighted by molar-refractivity contribution is 5.79. The number of aliphatic hydroxyl groups excluding tert-OH is 1. The van der Waals surface area contributed by atoms with E-state index in [9.17, 15) is 9.59 Å². The fourth-order valence-electron chi connectivity index (χ4n) is 0.846. The molecule has 0 aromatic heterocycles. The molecule has 13 heavy (non-hydrogen) atoms. The van der Waals surface area contributed by atoms with E-state index in [1.54, 1.807) is 0 Å². The molecule has 76 valence electrons. The molecule has 0 radical (unpaired) electrons. The van der Waals surface area contributed by atoms with Crippen LogP contribution in [0.4, 0.5) is 0 Å². The summed E-state index contributed by atoms with van der Waals surface area (Å²) in [5.74, 6) is -0.560. The van der Waals surface area contributed by atoms with Gasteiger partial charge >= 0.3 is 0 Å². The maximum absolute atomic E-state index is 10.7. The van der Waals surface area contributed by atoms with Gasteiger partial charge in [0, 0.05) is 13.0 Å². The molecule has 4 N–H and O–H groups in total. The van der Waals surface area contributed by atoms with Crippen LogP contribution >= 0.6 is 0 Å². The Balaban J connectivity index is 3.16. The Hall–Kier alpha value is -0.940. The molecule has 0 fully saturated rings. The van der Waals surface area contributed by atoms with Crippen molar-refractivity contribution in [3.63, 3.8) is 0 Å². The molecule has 0 spiro atoms. The number of carbonyl (C=O) groups is 2. The van der Waals surface area contributed by atoms with Crippen molar-refractivity contribution in [1.82, 2.24) is 5.32 Å². The third-order valence-corrected chi connectivity index (χ3v) is 1.57. The van der Waals surface area contributed by atoms with Gasteiger partial charge in [0.1, 0.15) is 6.29 Å². The number of rotatable bonds is 7. The van der Waals surface area contributed by atoms with E-state index in [4.69, 9.17) is 10.8 Å². The minimum Gasteiger partial charge on any atom is -0.370 e. The van der Waals surface area contributed by atoms with Gasteiger partial charge in [0.25, 0.3) is 5.91 Å². The monoisotopic (exact) mass is 188 g/mol. The minimum atomic E-state index is -1.44. The Labute approximate surface area is 77.3 Å². The summed E-state index contributed by atoms with van der Waals surface area (Å²) in [4.78, 5) is 20.6. The van der Waals surface area contributed by atoms with Crippen LogP contribution in [-0.2, 0) is 9.59 Å². The summed E-state index contributed by atoms with van der Waals surface area (Å²) in [6.45, 7) is 0.492. The summed E-state index contributed by atoms with van der Waals surface area (Å²) in [6, 6.07) is 0. The lowest BCUT2D eigenvalue weighted by Gasteiger charge is -2.05. The Morgan fingerprint density at radius 3 is 2.69 bits per heavy atom. The highest BCUT2D eigenvalue weighted by atomic mass is 16.3. The van der Waals surface area contributed by atoms with Crippen molar-refractivity contribution in [1.29, 1.82) is 0 Å². The smallest absolute Gasteiger partial charge is 0.263 e. The number of amides is 1. The van der Waals surface area contributed by atoms with Gasteiger partial charge in [-0.3, -0.25) is 10.5 Å². The van der Waals surface area contributed by atoms with Crippen molar-refractivity contribution in [2.24, 2.45) is 5.73 Å². The summed E-state index contributed by atoms with van der Waals surface area (Å²) in [5, 5.41) is 11.0. The SMILES string of the molecule is NC(O)C(=O)NCCCCCC=O. The lowest BCUT2D eigenvalue weighted by molar-refractivity contribution is -0.129. The van der Waals surface area contributed by atoms with Gasteiger partial charge in [0.05, 0.1) is 0 Å². The quantitative estimate of drug-likeness (QED) is 0.275. The molecule has 0 aromatic carbocycles. The molecule has 0 aliphatic rings. The third kappa shape index (κ3) is 7.42. The second-order valence-electron chi connectivity index (χ2n) is 2.75. The van der Waals surface area contributed by atoms with Crippen LogP contribution in [0.25, 0.3) is 0 Å². The summed E-state index contributed by atoms with van der Waals surface area (Å²) in [6.07, 6.45) is 2.53. The minimum absolute atomic E-state index is 0.492. The first-order valence-corrected chi connectivity index (χ1v) is 4.33. The first-order chi connectivity index (χ1) is 6.18. The second kappa shape index (κ2) is 7.70. The van der Waals surface area contributed by atoms with Gasteiger partial charge in [-0.05, 0) is 12.8 Å². The van der Waals surface area contributed by atoms with Crippen LogP contribution in [-0.4, -0.2) is 30.1 Å². The Bertz CT molecular complexity index is 159. The van der Waals surface area contributed by atoms with E-state index in [0.29, 0.717) is 13.0 Å². The molecule has 1 unspecified atom stereocenters. The molecule has 1 amide bonds. The van der Waals surface area contributed by atoms with Crippen molar-refractivity contribution in [2.75, 3.05) is 6.54 Å². The van der Waals surface area contributed by atoms with Gasteiger partial charge in [-0.2, -0.15) is 0 Å². The average molecular weight is 188 g/mol. The molecule has 0 rings (SSSR count). The second-order valence-corrected chi connectivity index (χ2v) is 2.75. The van der Waals surface area contributed by atoms with Crippen molar-refractivity contribution >= 4 is 12.2 Å². The van der Waals surface area contributed by atoms with Crippen LogP contribution in [0.1, 0.15) is 25.7 Å². The first-order valence-electron chi connectivity index (χ1n) is 4.33. The number of nitrogens with two attached hydrogens (primary N) is 1. The number of nitrogens with one attached hydrogen (secondary N) is 1. The van der Waals surface area contributed by atoms with Crippen LogP contribution in [0.15, 0.2) is 0 Å². The molecule has 5 heteroatoms. The van der Waals surface area contributed by atoms with Crippen LogP contribution in [0.5, 0.6) is 0 Å². The van der Waals surface area contributed by atoms with E-state index >= 15 is 0 Å². The normalized spacial score (nSPS) is 12.2. The van der Waals surface area contributed by atoms with Gasteiger partial charge in [-0.25, -0.2) is 0 Å². The van der Waals surface area contributed by atoms with E-state index in [0.717, 1.165) is 25.5 Å². The van der Waals surface area contributed by atoms with E-state index in [-0.39, 0.29) is 0 Å². The molecular formula is C8H16N2O3. The molecule has 5 nitrogen and oxygen atoms in total. The Morgan fingerprint density at radius 1 is 1.46 bits per heavy atom. The predicted octanol–water partition coefficient (Wildman–Crippen LogP) is -0.861. The van der Waals surface area contributed by atoms with Crippen molar-refractivity contribution < 1.29 is 14.7 Å². The van der Waals surface area contributed by atoms with E-state index < -0.39 is 12.1 Å². The number of hydrogen-bond acceptors (Lipinski definition) is 4. The van der Waals surface area contributed by atoms with Crippen molar-refractivity contribution in [3.05, 3.63) is 0 Å². The van der Waals surface area contributed by atoms with Crippen LogP contribution in [0.2, 0.25) is 0 Å². The van der Waals surface area contributed by atoms with Crippen molar-refractivity contribution in [3.8, 4) is 0 Å². The maximum Gasteiger partial charge on any atom is 0.263 e. The molecule has 0 aliphatic carbocycles. The van der Waals surface area contributed by atoms with Crippen LogP contribution in [0.3, 0.4) is 0 Å². The van der Waals surface area contributed by atoms with Crippen LogP contribution < -0.4 is 11.1 Å². The topological polar surface area (TPSA) is 92.4 Å². The highest BCUT2D eigenvalue weighted by Gasteiger charge is 2.06. The molecule has 0 heterocycles. The summed E-state index contributed by atoms with van der Waals surface area (Å²) in [5.41, 5.74) is 4.90. The first kappa shape index (κ1) is 12.1. The Kier molecular flexibility index (Phi) is 7.14. The Morgan fingerprint density at radius 2 is 2.15 bits per heavy atom. The van der Waals surface area contributed by atoms with Gasteiger partial charge in [0.2, 0.25) is 0 Å².